The van der Waals surface area contributed by atoms with Crippen LogP contribution in [0.3, 0.4) is 0 Å². The van der Waals surface area contributed by atoms with Crippen LogP contribution in [0.4, 0.5) is 0 Å². The van der Waals surface area contributed by atoms with Crippen molar-refractivity contribution in [2.75, 3.05) is 0 Å². The number of hydrogen-bond donors (Lipinski definition) is 1. The minimum absolute atomic E-state index is 0.118. The third-order valence-electron chi connectivity index (χ3n) is 6.69. The van der Waals surface area contributed by atoms with E-state index in [2.05, 4.69) is 45.9 Å². The predicted molar refractivity (Wildman–Crippen MR) is 127 cm³/mol. The van der Waals surface area contributed by atoms with Crippen LogP contribution in [0.25, 0.3) is 0 Å². The quantitative estimate of drug-likeness (QED) is 0.292. The number of aliphatic imine (C=N–C) groups is 1. The van der Waals surface area contributed by atoms with E-state index in [1.54, 1.807) is 0 Å². The molecule has 0 heterocycles. The van der Waals surface area contributed by atoms with E-state index in [0.29, 0.717) is 11.5 Å². The van der Waals surface area contributed by atoms with Crippen molar-refractivity contribution in [1.82, 2.24) is 0 Å². The number of hydrogen-bond acceptors (Lipinski definition) is 2. The molecule has 164 valence electrons. The maximum atomic E-state index is 12.1. The molecule has 1 N–H and O–H groups in total. The Kier molecular flexibility index (Phi) is 9.55. The van der Waals surface area contributed by atoms with Gasteiger partial charge < -0.3 is 5.11 Å². The molecule has 0 aromatic heterocycles. The first kappa shape index (κ1) is 24.1. The van der Waals surface area contributed by atoms with Crippen molar-refractivity contribution in [2.24, 2.45) is 16.3 Å². The fraction of sp³-hybridized carbons (Fsp3) is 0.556. The number of rotatable bonds is 12. The summed E-state index contributed by atoms with van der Waals surface area (Å²) in [4.78, 5) is 17.2. The average molecular weight is 410 g/mol. The Morgan fingerprint density at radius 2 is 1.83 bits per heavy atom. The van der Waals surface area contributed by atoms with Crippen LogP contribution in [-0.2, 0) is 4.79 Å². The summed E-state index contributed by atoms with van der Waals surface area (Å²) in [6.07, 6.45) is 14.4. The maximum absolute atomic E-state index is 12.1. The van der Waals surface area contributed by atoms with Crippen LogP contribution in [0.5, 0.6) is 0 Å². The molecule has 1 aliphatic carbocycles. The van der Waals surface area contributed by atoms with Gasteiger partial charge in [-0.1, -0.05) is 102 Å². The highest BCUT2D eigenvalue weighted by atomic mass is 16.4. The van der Waals surface area contributed by atoms with Crippen molar-refractivity contribution in [1.29, 1.82) is 0 Å². The third kappa shape index (κ3) is 5.71. The monoisotopic (exact) mass is 409 g/mol. The molecule has 0 fully saturated rings. The molecule has 0 spiro atoms. The van der Waals surface area contributed by atoms with Crippen LogP contribution in [0.1, 0.15) is 84.6 Å². The van der Waals surface area contributed by atoms with Crippen LogP contribution in [0, 0.1) is 11.3 Å². The molecule has 0 saturated carbocycles. The Hall–Kier alpha value is -2.16. The number of carboxylic acids is 1. The molecule has 1 aromatic carbocycles. The first-order valence-electron chi connectivity index (χ1n) is 11.7. The standard InChI is InChI=1S/C27H39NO2/c1-5-8-11-16-23-24(26(29)30)17-19-27(18-9-6-2,21(4)7-3)25(23)28-20-22-14-12-10-13-15-22/h10,12-15,17,19-21,25H,5-9,11,16,18H2,1-4H3,(H,29,30). The fourth-order valence-electron chi connectivity index (χ4n) is 4.65. The lowest BCUT2D eigenvalue weighted by molar-refractivity contribution is -0.132. The van der Waals surface area contributed by atoms with E-state index in [9.17, 15) is 9.90 Å². The van der Waals surface area contributed by atoms with Gasteiger partial charge in [-0.25, -0.2) is 4.79 Å². The van der Waals surface area contributed by atoms with Gasteiger partial charge in [0, 0.05) is 11.6 Å². The summed E-state index contributed by atoms with van der Waals surface area (Å²) in [6.45, 7) is 8.95. The molecular weight excluding hydrogens is 370 g/mol. The highest BCUT2D eigenvalue weighted by Crippen LogP contribution is 2.48. The van der Waals surface area contributed by atoms with Gasteiger partial charge >= 0.3 is 5.97 Å². The average Bonchev–Trinajstić information content (AvgIpc) is 2.76. The van der Waals surface area contributed by atoms with E-state index in [0.717, 1.165) is 62.5 Å². The molecule has 30 heavy (non-hydrogen) atoms. The summed E-state index contributed by atoms with van der Waals surface area (Å²) >= 11 is 0. The maximum Gasteiger partial charge on any atom is 0.335 e. The van der Waals surface area contributed by atoms with Gasteiger partial charge in [-0.05, 0) is 36.3 Å². The van der Waals surface area contributed by atoms with Gasteiger partial charge in [0.05, 0.1) is 11.6 Å². The Morgan fingerprint density at radius 3 is 2.43 bits per heavy atom. The summed E-state index contributed by atoms with van der Waals surface area (Å²) in [7, 11) is 0. The highest BCUT2D eigenvalue weighted by molar-refractivity contribution is 5.92. The Bertz CT molecular complexity index is 762. The number of aliphatic carboxylic acids is 1. The topological polar surface area (TPSA) is 49.7 Å². The third-order valence-corrected chi connectivity index (χ3v) is 6.69. The van der Waals surface area contributed by atoms with Crippen molar-refractivity contribution in [3.8, 4) is 0 Å². The van der Waals surface area contributed by atoms with Gasteiger partial charge in [-0.2, -0.15) is 0 Å². The first-order chi connectivity index (χ1) is 14.5. The van der Waals surface area contributed by atoms with Crippen LogP contribution in [-0.4, -0.2) is 23.3 Å². The summed E-state index contributed by atoms with van der Waals surface area (Å²) < 4.78 is 0. The van der Waals surface area contributed by atoms with Crippen LogP contribution >= 0.6 is 0 Å². The van der Waals surface area contributed by atoms with Crippen molar-refractivity contribution in [3.05, 3.63) is 59.2 Å². The van der Waals surface area contributed by atoms with Gasteiger partial charge in [0.25, 0.3) is 0 Å². The predicted octanol–water partition coefficient (Wildman–Crippen LogP) is 7.23. The molecule has 2 rings (SSSR count). The number of carbonyl (C=O) groups is 1. The molecule has 1 aromatic rings. The molecule has 0 bridgehead atoms. The van der Waals surface area contributed by atoms with Gasteiger partial charge in [0.2, 0.25) is 0 Å². The van der Waals surface area contributed by atoms with Crippen molar-refractivity contribution in [2.45, 2.75) is 85.1 Å². The number of benzene rings is 1. The zero-order chi connectivity index (χ0) is 22.0. The van der Waals surface area contributed by atoms with E-state index in [-0.39, 0.29) is 11.5 Å². The SMILES string of the molecule is CCCCCC1=C(C(=O)O)C=CC(CCCC)(C(C)CC)C1N=Cc1ccccc1. The molecule has 3 heteroatoms. The number of carboxylic acid groups (broad SMARTS) is 1. The fourth-order valence-corrected chi connectivity index (χ4v) is 4.65. The Balaban J connectivity index is 2.58. The second-order valence-electron chi connectivity index (χ2n) is 8.65. The van der Waals surface area contributed by atoms with Crippen LogP contribution < -0.4 is 0 Å². The van der Waals surface area contributed by atoms with E-state index in [1.807, 2.05) is 30.5 Å². The van der Waals surface area contributed by atoms with Gasteiger partial charge in [-0.15, -0.1) is 0 Å². The lowest BCUT2D eigenvalue weighted by atomic mass is 9.61. The van der Waals surface area contributed by atoms with E-state index >= 15 is 0 Å². The lowest BCUT2D eigenvalue weighted by Gasteiger charge is -2.45. The van der Waals surface area contributed by atoms with Crippen molar-refractivity contribution < 1.29 is 9.90 Å². The van der Waals surface area contributed by atoms with Gasteiger partial charge in [0.15, 0.2) is 0 Å². The molecule has 0 radical (unpaired) electrons. The minimum Gasteiger partial charge on any atom is -0.478 e. The van der Waals surface area contributed by atoms with Crippen molar-refractivity contribution in [3.63, 3.8) is 0 Å². The molecule has 0 saturated heterocycles. The molecule has 1 aliphatic rings. The second kappa shape index (κ2) is 11.9. The molecule has 3 unspecified atom stereocenters. The summed E-state index contributed by atoms with van der Waals surface area (Å²) in [6, 6.07) is 10.0. The zero-order valence-corrected chi connectivity index (χ0v) is 19.2. The minimum atomic E-state index is -0.828. The molecular formula is C27H39NO2. The van der Waals surface area contributed by atoms with Crippen molar-refractivity contribution >= 4 is 12.2 Å². The number of unbranched alkanes of at least 4 members (excludes halogenated alkanes) is 3. The molecule has 3 nitrogen and oxygen atoms in total. The highest BCUT2D eigenvalue weighted by Gasteiger charge is 2.45. The molecule has 3 atom stereocenters. The lowest BCUT2D eigenvalue weighted by Crippen LogP contribution is -2.42. The van der Waals surface area contributed by atoms with E-state index in [1.165, 1.54) is 0 Å². The van der Waals surface area contributed by atoms with Crippen LogP contribution in [0.2, 0.25) is 0 Å². The molecule has 0 aliphatic heterocycles. The normalized spacial score (nSPS) is 22.6. The summed E-state index contributed by atoms with van der Waals surface area (Å²) in [5.41, 5.74) is 2.40. The number of nitrogens with zero attached hydrogens (tertiary/aromatic N) is 1. The first-order valence-corrected chi connectivity index (χ1v) is 11.7. The Morgan fingerprint density at radius 1 is 1.13 bits per heavy atom. The van der Waals surface area contributed by atoms with E-state index in [4.69, 9.17) is 4.99 Å². The van der Waals surface area contributed by atoms with Gasteiger partial charge in [0.1, 0.15) is 0 Å². The van der Waals surface area contributed by atoms with Crippen LogP contribution in [0.15, 0.2) is 58.6 Å². The Labute approximate surface area is 183 Å². The second-order valence-corrected chi connectivity index (χ2v) is 8.65. The summed E-state index contributed by atoms with van der Waals surface area (Å²) in [5.74, 6) is -0.402. The smallest absolute Gasteiger partial charge is 0.335 e. The zero-order valence-electron chi connectivity index (χ0n) is 19.2. The van der Waals surface area contributed by atoms with Gasteiger partial charge in [-0.3, -0.25) is 4.99 Å². The molecule has 0 amide bonds. The largest absolute Gasteiger partial charge is 0.478 e. The van der Waals surface area contributed by atoms with E-state index < -0.39 is 5.97 Å². The summed E-state index contributed by atoms with van der Waals surface area (Å²) in [5, 5.41) is 9.95.